The molecular weight excluding hydrogens is 208 g/mol. The number of nitrogens with zero attached hydrogens (tertiary/aromatic N) is 1. The maximum Gasteiger partial charge on any atom is 0.0337 e. The van der Waals surface area contributed by atoms with Gasteiger partial charge in [0.15, 0.2) is 0 Å². The van der Waals surface area contributed by atoms with Crippen LogP contribution in [-0.4, -0.2) is 31.6 Å². The molecule has 1 saturated heterocycles. The van der Waals surface area contributed by atoms with Crippen molar-refractivity contribution in [2.75, 3.05) is 32.0 Å². The molecule has 0 radical (unpaired) electrons. The predicted molar refractivity (Wildman–Crippen MR) is 76.8 cm³/mol. The Bertz CT molecular complexity index is 305. The molecule has 2 heteroatoms. The fourth-order valence-electron chi connectivity index (χ4n) is 2.31. The van der Waals surface area contributed by atoms with E-state index in [1.807, 2.05) is 20.9 Å². The number of nitrogens with one attached hydrogen (secondary N) is 1. The van der Waals surface area contributed by atoms with Gasteiger partial charge < -0.3 is 10.2 Å². The summed E-state index contributed by atoms with van der Waals surface area (Å²) in [4.78, 5) is 2.52. The molecule has 0 aromatic heterocycles. The lowest BCUT2D eigenvalue weighted by Crippen LogP contribution is -2.19. The molecule has 1 fully saturated rings. The highest BCUT2D eigenvalue weighted by molar-refractivity contribution is 5.44. The maximum atomic E-state index is 3.15. The third kappa shape index (κ3) is 3.74. The number of anilines is 1. The summed E-state index contributed by atoms with van der Waals surface area (Å²) in [5.74, 6) is 0.746. The quantitative estimate of drug-likeness (QED) is 0.860. The first-order valence-corrected chi connectivity index (χ1v) is 6.83. The molecule has 1 aliphatic rings. The second-order valence-electron chi connectivity index (χ2n) is 4.25. The van der Waals surface area contributed by atoms with Crippen LogP contribution < -0.4 is 5.32 Å². The fourth-order valence-corrected chi connectivity index (χ4v) is 2.31. The summed E-state index contributed by atoms with van der Waals surface area (Å²) in [5.41, 5.74) is 2.69. The van der Waals surface area contributed by atoms with E-state index in [9.17, 15) is 0 Å². The summed E-state index contributed by atoms with van der Waals surface area (Å²) in [6, 6.07) is 8.86. The molecule has 1 unspecified atom stereocenters. The van der Waals surface area contributed by atoms with Gasteiger partial charge in [-0.3, -0.25) is 0 Å². The first kappa shape index (κ1) is 14.0. The summed E-state index contributed by atoms with van der Waals surface area (Å²) in [5, 5.41) is 3.15. The third-order valence-corrected chi connectivity index (χ3v) is 3.39. The zero-order chi connectivity index (χ0) is 12.7. The maximum absolute atomic E-state index is 3.15. The fraction of sp³-hybridized carbons (Fsp3) is 0.600. The van der Waals surface area contributed by atoms with Crippen LogP contribution in [0.3, 0.4) is 0 Å². The second-order valence-corrected chi connectivity index (χ2v) is 4.25. The summed E-state index contributed by atoms with van der Waals surface area (Å²) >= 11 is 0. The van der Waals surface area contributed by atoms with Gasteiger partial charge >= 0.3 is 0 Å². The molecule has 96 valence electrons. The largest absolute Gasteiger partial charge is 0.388 e. The topological polar surface area (TPSA) is 15.3 Å². The normalized spacial score (nSPS) is 19.6. The van der Waals surface area contributed by atoms with Gasteiger partial charge in [-0.15, -0.1) is 0 Å². The summed E-state index contributed by atoms with van der Waals surface area (Å²) in [7, 11) is 1.96. The van der Waals surface area contributed by atoms with Crippen molar-refractivity contribution in [3.63, 3.8) is 0 Å². The van der Waals surface area contributed by atoms with Crippen molar-refractivity contribution in [3.8, 4) is 0 Å². The predicted octanol–water partition coefficient (Wildman–Crippen LogP) is 3.56. The number of hydrogen-bond acceptors (Lipinski definition) is 2. The van der Waals surface area contributed by atoms with Crippen molar-refractivity contribution in [2.24, 2.45) is 0 Å². The highest BCUT2D eigenvalue weighted by Gasteiger charge is 2.22. The van der Waals surface area contributed by atoms with Crippen LogP contribution in [-0.2, 0) is 0 Å². The van der Waals surface area contributed by atoms with E-state index >= 15 is 0 Å². The molecule has 17 heavy (non-hydrogen) atoms. The van der Waals surface area contributed by atoms with Gasteiger partial charge in [-0.05, 0) is 43.1 Å². The molecule has 1 aromatic rings. The molecule has 0 saturated carbocycles. The first-order chi connectivity index (χ1) is 8.33. The van der Waals surface area contributed by atoms with Crippen LogP contribution >= 0.6 is 0 Å². The van der Waals surface area contributed by atoms with Gasteiger partial charge in [0.1, 0.15) is 0 Å². The zero-order valence-electron chi connectivity index (χ0n) is 11.7. The van der Waals surface area contributed by atoms with Crippen molar-refractivity contribution in [1.82, 2.24) is 4.90 Å². The van der Waals surface area contributed by atoms with Crippen LogP contribution in [0.4, 0.5) is 5.69 Å². The van der Waals surface area contributed by atoms with E-state index in [4.69, 9.17) is 0 Å². The van der Waals surface area contributed by atoms with Gasteiger partial charge in [-0.1, -0.05) is 32.9 Å². The Morgan fingerprint density at radius 1 is 1.24 bits per heavy atom. The first-order valence-electron chi connectivity index (χ1n) is 6.83. The van der Waals surface area contributed by atoms with E-state index in [2.05, 4.69) is 41.4 Å². The van der Waals surface area contributed by atoms with Gasteiger partial charge in [-0.25, -0.2) is 0 Å². The van der Waals surface area contributed by atoms with Crippen LogP contribution in [0.25, 0.3) is 0 Å². The summed E-state index contributed by atoms with van der Waals surface area (Å²) in [6.07, 6.45) is 1.31. The zero-order valence-corrected chi connectivity index (χ0v) is 11.7. The molecule has 1 aliphatic heterocycles. The molecule has 0 bridgehead atoms. The van der Waals surface area contributed by atoms with Gasteiger partial charge in [0.05, 0.1) is 0 Å². The molecule has 2 nitrogen and oxygen atoms in total. The van der Waals surface area contributed by atoms with Crippen LogP contribution in [0.1, 0.15) is 38.7 Å². The summed E-state index contributed by atoms with van der Waals surface area (Å²) in [6.45, 7) is 9.92. The number of rotatable bonds is 3. The van der Waals surface area contributed by atoms with E-state index in [1.165, 1.54) is 37.3 Å². The SMILES string of the molecule is CC.CCN1CCC(c2ccc(NC)cc2)C1. The van der Waals surface area contributed by atoms with E-state index in [0.717, 1.165) is 5.92 Å². The molecule has 1 heterocycles. The molecule has 1 atom stereocenters. The van der Waals surface area contributed by atoms with Gasteiger partial charge in [0.25, 0.3) is 0 Å². The van der Waals surface area contributed by atoms with Gasteiger partial charge in [0, 0.05) is 19.3 Å². The van der Waals surface area contributed by atoms with E-state index in [0.29, 0.717) is 0 Å². The van der Waals surface area contributed by atoms with Crippen molar-refractivity contribution in [2.45, 2.75) is 33.1 Å². The minimum absolute atomic E-state index is 0.746. The lowest BCUT2D eigenvalue weighted by Gasteiger charge is -2.13. The molecule has 2 rings (SSSR count). The number of likely N-dealkylation sites (N-methyl/N-ethyl adjacent to an activating group) is 1. The van der Waals surface area contributed by atoms with Gasteiger partial charge in [-0.2, -0.15) is 0 Å². The Labute approximate surface area is 106 Å². The number of benzene rings is 1. The van der Waals surface area contributed by atoms with Gasteiger partial charge in [0.2, 0.25) is 0 Å². The average Bonchev–Trinajstić information content (AvgIpc) is 2.90. The molecule has 1 N–H and O–H groups in total. The Morgan fingerprint density at radius 3 is 2.35 bits per heavy atom. The standard InChI is InChI=1S/C13H20N2.C2H6/c1-3-15-9-8-12(10-15)11-4-6-13(14-2)7-5-11;1-2/h4-7,12,14H,3,8-10H2,1-2H3;1-2H3. The minimum Gasteiger partial charge on any atom is -0.388 e. The lowest BCUT2D eigenvalue weighted by atomic mass is 9.98. The summed E-state index contributed by atoms with van der Waals surface area (Å²) < 4.78 is 0. The molecule has 0 spiro atoms. The second kappa shape index (κ2) is 7.33. The Kier molecular flexibility index (Phi) is 6.06. The minimum atomic E-state index is 0.746. The average molecular weight is 234 g/mol. The molecular formula is C15H26N2. The smallest absolute Gasteiger partial charge is 0.0337 e. The lowest BCUT2D eigenvalue weighted by molar-refractivity contribution is 0.354. The third-order valence-electron chi connectivity index (χ3n) is 3.39. The van der Waals surface area contributed by atoms with Crippen LogP contribution in [0.15, 0.2) is 24.3 Å². The molecule has 0 aliphatic carbocycles. The van der Waals surface area contributed by atoms with Crippen molar-refractivity contribution < 1.29 is 0 Å². The monoisotopic (exact) mass is 234 g/mol. The van der Waals surface area contributed by atoms with Crippen molar-refractivity contribution in [3.05, 3.63) is 29.8 Å². The van der Waals surface area contributed by atoms with Crippen molar-refractivity contribution in [1.29, 1.82) is 0 Å². The van der Waals surface area contributed by atoms with E-state index in [-0.39, 0.29) is 0 Å². The Hall–Kier alpha value is -1.02. The van der Waals surface area contributed by atoms with Crippen LogP contribution in [0, 0.1) is 0 Å². The van der Waals surface area contributed by atoms with Crippen LogP contribution in [0.5, 0.6) is 0 Å². The Balaban J connectivity index is 0.000000686. The number of likely N-dealkylation sites (tertiary alicyclic amines) is 1. The number of hydrogen-bond donors (Lipinski definition) is 1. The van der Waals surface area contributed by atoms with E-state index < -0.39 is 0 Å². The van der Waals surface area contributed by atoms with Crippen LogP contribution in [0.2, 0.25) is 0 Å². The van der Waals surface area contributed by atoms with E-state index in [1.54, 1.807) is 0 Å². The highest BCUT2D eigenvalue weighted by Crippen LogP contribution is 2.27. The van der Waals surface area contributed by atoms with Crippen molar-refractivity contribution >= 4 is 5.69 Å². The highest BCUT2D eigenvalue weighted by atomic mass is 15.1. The Morgan fingerprint density at radius 2 is 1.88 bits per heavy atom. The molecule has 1 aromatic carbocycles. The molecule has 0 amide bonds.